The first kappa shape index (κ1) is 32.7. The smallest absolute Gasteiger partial charge is 0.408 e. The summed E-state index contributed by atoms with van der Waals surface area (Å²) in [6.45, 7) is 13.1. The number of carbonyl (C=O) groups is 4. The van der Waals surface area contributed by atoms with Crippen LogP contribution in [0.2, 0.25) is 0 Å². The van der Waals surface area contributed by atoms with Crippen LogP contribution in [0.15, 0.2) is 24.3 Å². The third kappa shape index (κ3) is 10.6. The van der Waals surface area contributed by atoms with Crippen LogP contribution in [-0.4, -0.2) is 57.5 Å². The zero-order chi connectivity index (χ0) is 29.1. The number of nitrogens with one attached hydrogen (secondary N) is 2. The highest BCUT2D eigenvalue weighted by Gasteiger charge is 2.43. The highest BCUT2D eigenvalue weighted by Crippen LogP contribution is 2.33. The third-order valence-electron chi connectivity index (χ3n) is 6.20. The molecule has 1 aromatic rings. The van der Waals surface area contributed by atoms with Crippen LogP contribution in [0.4, 0.5) is 4.79 Å². The number of primary amides is 1. The molecule has 0 aromatic heterocycles. The minimum Gasteiger partial charge on any atom is -0.508 e. The molecule has 10 heteroatoms. The minimum atomic E-state index is -1.18. The molecule has 0 aliphatic carbocycles. The fraction of sp³-hybridized carbons (Fsp3) is 0.643. The summed E-state index contributed by atoms with van der Waals surface area (Å²) in [5.74, 6) is -1.66. The van der Waals surface area contributed by atoms with Crippen LogP contribution < -0.4 is 16.4 Å². The molecular weight excluding hydrogens is 488 g/mol. The van der Waals surface area contributed by atoms with E-state index in [0.29, 0.717) is 18.5 Å². The van der Waals surface area contributed by atoms with Crippen molar-refractivity contribution in [3.05, 3.63) is 29.8 Å². The van der Waals surface area contributed by atoms with Crippen molar-refractivity contribution in [2.24, 2.45) is 5.73 Å². The summed E-state index contributed by atoms with van der Waals surface area (Å²) >= 11 is 0. The summed E-state index contributed by atoms with van der Waals surface area (Å²) < 4.78 is 5.35. The number of nitrogens with two attached hydrogens (primary N) is 1. The van der Waals surface area contributed by atoms with Crippen LogP contribution in [0.3, 0.4) is 0 Å². The molecule has 1 rings (SSSR count). The summed E-state index contributed by atoms with van der Waals surface area (Å²) in [6, 6.07) is 3.91. The number of aromatic hydroxyl groups is 1. The van der Waals surface area contributed by atoms with E-state index in [4.69, 9.17) is 10.5 Å². The van der Waals surface area contributed by atoms with Crippen molar-refractivity contribution in [1.82, 2.24) is 15.5 Å². The first-order valence-corrected chi connectivity index (χ1v) is 13.3. The molecule has 0 spiro atoms. The predicted molar refractivity (Wildman–Crippen MR) is 146 cm³/mol. The Morgan fingerprint density at radius 1 is 1.08 bits per heavy atom. The standard InChI is InChI=1S/C28H46N4O6/c1-8-10-11-17-30-24(35)23(19-13-12-14-20(33)18-19)32(28(6,7)9-2)25(36)21(15-16-22(29)34)31-26(37)38-27(3,4)5/h12-14,18,21,23,33H,8-11,15-17H2,1-7H3,(H2,29,34)(H,30,35)(H,31,37). The second-order valence-electron chi connectivity index (χ2n) is 11.1. The van der Waals surface area contributed by atoms with E-state index in [1.54, 1.807) is 32.9 Å². The van der Waals surface area contributed by atoms with E-state index in [9.17, 15) is 24.3 Å². The van der Waals surface area contributed by atoms with Gasteiger partial charge in [-0.1, -0.05) is 38.8 Å². The van der Waals surface area contributed by atoms with Crippen LogP contribution in [0, 0.1) is 0 Å². The number of benzene rings is 1. The van der Waals surface area contributed by atoms with Gasteiger partial charge in [-0.2, -0.15) is 0 Å². The molecule has 4 amide bonds. The molecule has 5 N–H and O–H groups in total. The average molecular weight is 535 g/mol. The molecule has 0 heterocycles. The first-order valence-electron chi connectivity index (χ1n) is 13.3. The Bertz CT molecular complexity index is 957. The number of phenolic OH excluding ortho intramolecular Hbond substituents is 1. The molecule has 0 saturated heterocycles. The summed E-state index contributed by atoms with van der Waals surface area (Å²) in [5, 5.41) is 15.7. The van der Waals surface area contributed by atoms with Gasteiger partial charge in [-0.3, -0.25) is 14.4 Å². The Labute approximate surface area is 226 Å². The maximum absolute atomic E-state index is 14.2. The van der Waals surface area contributed by atoms with E-state index < -0.39 is 47.0 Å². The van der Waals surface area contributed by atoms with Crippen LogP contribution in [0.1, 0.15) is 98.6 Å². The van der Waals surface area contributed by atoms with Crippen LogP contribution in [0.25, 0.3) is 0 Å². The van der Waals surface area contributed by atoms with E-state index in [1.165, 1.54) is 17.0 Å². The van der Waals surface area contributed by atoms with Gasteiger partial charge in [-0.05, 0) is 71.6 Å². The van der Waals surface area contributed by atoms with Crippen LogP contribution in [0.5, 0.6) is 5.75 Å². The number of unbranched alkanes of at least 4 members (excludes halogenated alkanes) is 2. The van der Waals surface area contributed by atoms with E-state index in [0.717, 1.165) is 19.3 Å². The van der Waals surface area contributed by atoms with Gasteiger partial charge in [0.1, 0.15) is 23.4 Å². The van der Waals surface area contributed by atoms with Gasteiger partial charge < -0.3 is 31.1 Å². The highest BCUT2D eigenvalue weighted by molar-refractivity contribution is 5.93. The number of rotatable bonds is 14. The fourth-order valence-corrected chi connectivity index (χ4v) is 3.90. The molecule has 0 saturated carbocycles. The molecule has 2 unspecified atom stereocenters. The number of nitrogens with zero attached hydrogens (tertiary/aromatic N) is 1. The quantitative estimate of drug-likeness (QED) is 0.266. The highest BCUT2D eigenvalue weighted by atomic mass is 16.6. The lowest BCUT2D eigenvalue weighted by Crippen LogP contribution is -2.59. The molecule has 10 nitrogen and oxygen atoms in total. The Hall–Kier alpha value is -3.30. The van der Waals surface area contributed by atoms with Crippen molar-refractivity contribution < 1.29 is 29.0 Å². The Morgan fingerprint density at radius 2 is 1.74 bits per heavy atom. The number of carbonyl (C=O) groups excluding carboxylic acids is 4. The monoisotopic (exact) mass is 534 g/mol. The third-order valence-corrected chi connectivity index (χ3v) is 6.20. The largest absolute Gasteiger partial charge is 0.508 e. The molecule has 214 valence electrons. The van der Waals surface area contributed by atoms with Crippen molar-refractivity contribution in [3.63, 3.8) is 0 Å². The molecule has 2 atom stereocenters. The minimum absolute atomic E-state index is 0.0508. The summed E-state index contributed by atoms with van der Waals surface area (Å²) in [6.07, 6.45) is 2.12. The maximum atomic E-state index is 14.2. The molecular formula is C28H46N4O6. The van der Waals surface area contributed by atoms with Gasteiger partial charge in [0, 0.05) is 18.5 Å². The van der Waals surface area contributed by atoms with E-state index >= 15 is 0 Å². The lowest BCUT2D eigenvalue weighted by atomic mass is 9.91. The predicted octanol–water partition coefficient (Wildman–Crippen LogP) is 3.92. The number of ether oxygens (including phenoxy) is 1. The molecule has 0 fully saturated rings. The second kappa shape index (κ2) is 14.6. The molecule has 38 heavy (non-hydrogen) atoms. The molecule has 0 aliphatic heterocycles. The topological polar surface area (TPSA) is 151 Å². The van der Waals surface area contributed by atoms with Gasteiger partial charge in [0.2, 0.25) is 17.7 Å². The summed E-state index contributed by atoms with van der Waals surface area (Å²) in [4.78, 5) is 53.5. The fourth-order valence-electron chi connectivity index (χ4n) is 3.90. The van der Waals surface area contributed by atoms with Gasteiger partial charge in [0.25, 0.3) is 0 Å². The lowest BCUT2D eigenvalue weighted by molar-refractivity contribution is -0.149. The van der Waals surface area contributed by atoms with Crippen molar-refractivity contribution >= 4 is 23.8 Å². The molecule has 1 aromatic carbocycles. The normalized spacial score (nSPS) is 13.2. The summed E-state index contributed by atoms with van der Waals surface area (Å²) in [7, 11) is 0. The van der Waals surface area contributed by atoms with E-state index in [-0.39, 0.29) is 18.6 Å². The number of alkyl carbamates (subject to hydrolysis) is 1. The maximum Gasteiger partial charge on any atom is 0.408 e. The lowest BCUT2D eigenvalue weighted by Gasteiger charge is -2.44. The molecule has 0 bridgehead atoms. The van der Waals surface area contributed by atoms with E-state index in [2.05, 4.69) is 17.6 Å². The Kier molecular flexibility index (Phi) is 12.6. The molecule has 0 aliphatic rings. The van der Waals surface area contributed by atoms with Crippen molar-refractivity contribution in [1.29, 1.82) is 0 Å². The van der Waals surface area contributed by atoms with Crippen molar-refractivity contribution in [3.8, 4) is 5.75 Å². The zero-order valence-electron chi connectivity index (χ0n) is 23.9. The second-order valence-corrected chi connectivity index (χ2v) is 11.1. The van der Waals surface area contributed by atoms with E-state index in [1.807, 2.05) is 20.8 Å². The SMILES string of the molecule is CCCCCNC(=O)C(c1cccc(O)c1)N(C(=O)C(CCC(N)=O)NC(=O)OC(C)(C)C)C(C)(C)CC. The van der Waals surface area contributed by atoms with Gasteiger partial charge in [-0.25, -0.2) is 4.79 Å². The van der Waals surface area contributed by atoms with Crippen molar-refractivity contribution in [2.45, 2.75) is 110 Å². The average Bonchev–Trinajstić information content (AvgIpc) is 2.80. The van der Waals surface area contributed by atoms with Gasteiger partial charge in [0.15, 0.2) is 0 Å². The van der Waals surface area contributed by atoms with Gasteiger partial charge in [0.05, 0.1) is 0 Å². The number of amides is 4. The Morgan fingerprint density at radius 3 is 2.26 bits per heavy atom. The van der Waals surface area contributed by atoms with Gasteiger partial charge >= 0.3 is 6.09 Å². The van der Waals surface area contributed by atoms with Gasteiger partial charge in [-0.15, -0.1) is 0 Å². The van der Waals surface area contributed by atoms with Crippen molar-refractivity contribution in [2.75, 3.05) is 6.54 Å². The number of hydrogen-bond acceptors (Lipinski definition) is 6. The number of phenols is 1. The van der Waals surface area contributed by atoms with Crippen LogP contribution in [-0.2, 0) is 19.1 Å². The zero-order valence-corrected chi connectivity index (χ0v) is 23.9. The number of hydrogen-bond donors (Lipinski definition) is 4. The Balaban J connectivity index is 3.58. The summed E-state index contributed by atoms with van der Waals surface area (Å²) in [5.41, 5.74) is 4.11. The molecule has 0 radical (unpaired) electrons. The van der Waals surface area contributed by atoms with Crippen LogP contribution >= 0.6 is 0 Å². The first-order chi connectivity index (χ1) is 17.6.